The van der Waals surface area contributed by atoms with E-state index in [1.54, 1.807) is 19.4 Å². The summed E-state index contributed by atoms with van der Waals surface area (Å²) in [7, 11) is 1.59. The fourth-order valence-corrected chi connectivity index (χ4v) is 1.67. The van der Waals surface area contributed by atoms with Crippen LogP contribution in [0.1, 0.15) is 11.1 Å². The van der Waals surface area contributed by atoms with E-state index in [1.165, 1.54) is 0 Å². The lowest BCUT2D eigenvalue weighted by molar-refractivity contribution is 0.264. The number of rotatable bonds is 2. The molecule has 0 aliphatic heterocycles. The first kappa shape index (κ1) is 10.2. The van der Waals surface area contributed by atoms with Crippen LogP contribution in [0.2, 0.25) is 0 Å². The molecular weight excluding hydrogens is 214 g/mol. The fraction of sp³-hybridized carbons (Fsp3) is 0.182. The van der Waals surface area contributed by atoms with E-state index in [1.807, 2.05) is 18.2 Å². The quantitative estimate of drug-likeness (QED) is 0.796. The van der Waals surface area contributed by atoms with Crippen LogP contribution < -0.4 is 4.74 Å². The second-order valence-corrected chi connectivity index (χ2v) is 3.53. The predicted octanol–water partition coefficient (Wildman–Crippen LogP) is 2.47. The third kappa shape index (κ3) is 1.89. The van der Waals surface area contributed by atoms with Gasteiger partial charge in [-0.2, -0.15) is 0 Å². The van der Waals surface area contributed by atoms with Crippen molar-refractivity contribution in [2.75, 3.05) is 7.11 Å². The number of aromatic nitrogens is 1. The summed E-state index contributed by atoms with van der Waals surface area (Å²) in [5.41, 5.74) is 0.399. The van der Waals surface area contributed by atoms with Crippen LogP contribution >= 0.6 is 11.6 Å². The van der Waals surface area contributed by atoms with E-state index in [0.29, 0.717) is 11.3 Å². The van der Waals surface area contributed by atoms with E-state index in [0.717, 1.165) is 10.9 Å². The Balaban J connectivity index is 2.70. The molecule has 0 bridgehead atoms. The summed E-state index contributed by atoms with van der Waals surface area (Å²) in [5, 5.41) is 10.2. The van der Waals surface area contributed by atoms with Gasteiger partial charge in [-0.05, 0) is 24.3 Å². The van der Waals surface area contributed by atoms with Gasteiger partial charge in [0.05, 0.1) is 12.6 Å². The molecule has 1 aromatic heterocycles. The number of benzene rings is 1. The van der Waals surface area contributed by atoms with Crippen molar-refractivity contribution in [1.29, 1.82) is 0 Å². The van der Waals surface area contributed by atoms with E-state index in [-0.39, 0.29) is 0 Å². The summed E-state index contributed by atoms with van der Waals surface area (Å²) < 4.78 is 5.10. The molecular formula is C11H10ClNO2. The van der Waals surface area contributed by atoms with Crippen molar-refractivity contribution in [2.45, 2.75) is 5.56 Å². The molecule has 3 nitrogen and oxygen atoms in total. The Bertz CT molecular complexity index is 485. The van der Waals surface area contributed by atoms with Gasteiger partial charge in [-0.1, -0.05) is 11.6 Å². The number of aliphatic hydroxyl groups is 1. The molecule has 2 rings (SSSR count). The largest absolute Gasteiger partial charge is 0.497 e. The molecule has 1 heterocycles. The molecule has 2 aromatic rings. The number of aliphatic hydroxyl groups excluding tert-OH is 1. The van der Waals surface area contributed by atoms with Crippen molar-refractivity contribution in [3.05, 3.63) is 36.0 Å². The average Bonchev–Trinajstić information content (AvgIpc) is 2.27. The highest BCUT2D eigenvalue weighted by Gasteiger charge is 2.09. The molecule has 1 atom stereocenters. The summed E-state index contributed by atoms with van der Waals surface area (Å²) in [6.45, 7) is 0. The number of fused-ring (bicyclic) bond motifs is 1. The highest BCUT2D eigenvalue weighted by molar-refractivity contribution is 6.20. The third-order valence-electron chi connectivity index (χ3n) is 2.24. The molecule has 1 N–H and O–H groups in total. The van der Waals surface area contributed by atoms with Crippen molar-refractivity contribution in [1.82, 2.24) is 4.98 Å². The van der Waals surface area contributed by atoms with Crippen LogP contribution in [0.4, 0.5) is 0 Å². The summed E-state index contributed by atoms with van der Waals surface area (Å²) in [6, 6.07) is 7.15. The smallest absolute Gasteiger partial charge is 0.154 e. The zero-order chi connectivity index (χ0) is 10.8. The molecule has 0 radical (unpaired) electrons. The van der Waals surface area contributed by atoms with E-state index < -0.39 is 5.56 Å². The Morgan fingerprint density at radius 3 is 2.87 bits per heavy atom. The third-order valence-corrected chi connectivity index (χ3v) is 2.47. The van der Waals surface area contributed by atoms with Crippen LogP contribution in [-0.4, -0.2) is 17.2 Å². The maximum atomic E-state index is 9.38. The standard InChI is InChI=1S/C11H10ClNO2/c1-15-7-2-3-10-9(6-7)8(11(12)14)4-5-13-10/h2-6,11,14H,1H3. The first-order valence-electron chi connectivity index (χ1n) is 4.47. The van der Waals surface area contributed by atoms with Crippen LogP contribution in [0.25, 0.3) is 10.9 Å². The zero-order valence-electron chi connectivity index (χ0n) is 8.14. The first-order chi connectivity index (χ1) is 7.22. The predicted molar refractivity (Wildman–Crippen MR) is 59.1 cm³/mol. The minimum atomic E-state index is -1.03. The molecule has 1 aromatic carbocycles. The molecule has 4 heteroatoms. The van der Waals surface area contributed by atoms with E-state index in [9.17, 15) is 5.11 Å². The molecule has 1 unspecified atom stereocenters. The van der Waals surface area contributed by atoms with E-state index >= 15 is 0 Å². The van der Waals surface area contributed by atoms with Gasteiger partial charge in [-0.3, -0.25) is 4.98 Å². The Labute approximate surface area is 92.3 Å². The van der Waals surface area contributed by atoms with Crippen LogP contribution in [0, 0.1) is 0 Å². The first-order valence-corrected chi connectivity index (χ1v) is 4.91. The van der Waals surface area contributed by atoms with Gasteiger partial charge in [-0.25, -0.2) is 0 Å². The van der Waals surface area contributed by atoms with Gasteiger partial charge in [0.25, 0.3) is 0 Å². The molecule has 0 aliphatic rings. The topological polar surface area (TPSA) is 42.4 Å². The van der Waals surface area contributed by atoms with Crippen molar-refractivity contribution in [2.24, 2.45) is 0 Å². The summed E-state index contributed by atoms with van der Waals surface area (Å²) in [6.07, 6.45) is 1.62. The fourth-order valence-electron chi connectivity index (χ4n) is 1.48. The average molecular weight is 224 g/mol. The number of methoxy groups -OCH3 is 1. The monoisotopic (exact) mass is 223 g/mol. The molecule has 15 heavy (non-hydrogen) atoms. The van der Waals surface area contributed by atoms with Crippen LogP contribution in [0.5, 0.6) is 5.75 Å². The minimum Gasteiger partial charge on any atom is -0.497 e. The Kier molecular flexibility index (Phi) is 2.75. The van der Waals surface area contributed by atoms with Crippen molar-refractivity contribution in [3.8, 4) is 5.75 Å². The van der Waals surface area contributed by atoms with Crippen LogP contribution in [0.3, 0.4) is 0 Å². The normalized spacial score (nSPS) is 12.7. The Morgan fingerprint density at radius 2 is 2.20 bits per heavy atom. The van der Waals surface area contributed by atoms with Crippen molar-refractivity contribution >= 4 is 22.5 Å². The number of pyridine rings is 1. The number of hydrogen-bond acceptors (Lipinski definition) is 3. The second-order valence-electron chi connectivity index (χ2n) is 3.12. The van der Waals surface area contributed by atoms with E-state index in [4.69, 9.17) is 16.3 Å². The van der Waals surface area contributed by atoms with Gasteiger partial charge in [0.2, 0.25) is 0 Å². The molecule has 0 fully saturated rings. The Hall–Kier alpha value is -1.32. The SMILES string of the molecule is COc1ccc2nccc(C(O)Cl)c2c1. The maximum Gasteiger partial charge on any atom is 0.154 e. The lowest BCUT2D eigenvalue weighted by atomic mass is 10.1. The van der Waals surface area contributed by atoms with Crippen molar-refractivity contribution < 1.29 is 9.84 Å². The van der Waals surface area contributed by atoms with Crippen molar-refractivity contribution in [3.63, 3.8) is 0 Å². The summed E-state index contributed by atoms with van der Waals surface area (Å²) in [4.78, 5) is 4.17. The van der Waals surface area contributed by atoms with Crippen LogP contribution in [0.15, 0.2) is 30.5 Å². The Morgan fingerprint density at radius 1 is 1.40 bits per heavy atom. The molecule has 0 spiro atoms. The summed E-state index contributed by atoms with van der Waals surface area (Å²) >= 11 is 5.66. The number of nitrogens with zero attached hydrogens (tertiary/aromatic N) is 1. The van der Waals surface area contributed by atoms with Crippen LogP contribution in [-0.2, 0) is 0 Å². The van der Waals surface area contributed by atoms with Gasteiger partial charge >= 0.3 is 0 Å². The van der Waals surface area contributed by atoms with E-state index in [2.05, 4.69) is 4.98 Å². The zero-order valence-corrected chi connectivity index (χ0v) is 8.90. The molecule has 0 saturated carbocycles. The van der Waals surface area contributed by atoms with Gasteiger partial charge in [0.15, 0.2) is 5.56 Å². The number of ether oxygens (including phenoxy) is 1. The molecule has 78 valence electrons. The van der Waals surface area contributed by atoms with Gasteiger partial charge in [0, 0.05) is 17.1 Å². The number of hydrogen-bond donors (Lipinski definition) is 1. The highest BCUT2D eigenvalue weighted by atomic mass is 35.5. The molecule has 0 amide bonds. The second kappa shape index (κ2) is 4.04. The minimum absolute atomic E-state index is 0.639. The van der Waals surface area contributed by atoms with Gasteiger partial charge in [0.1, 0.15) is 5.75 Å². The molecule has 0 saturated heterocycles. The summed E-state index contributed by atoms with van der Waals surface area (Å²) in [5.74, 6) is 0.717. The molecule has 0 aliphatic carbocycles. The van der Waals surface area contributed by atoms with Gasteiger partial charge in [-0.15, -0.1) is 0 Å². The number of halogens is 1. The lowest BCUT2D eigenvalue weighted by Crippen LogP contribution is -1.92. The highest BCUT2D eigenvalue weighted by Crippen LogP contribution is 2.27. The maximum absolute atomic E-state index is 9.38. The van der Waals surface area contributed by atoms with Gasteiger partial charge < -0.3 is 9.84 Å². The lowest BCUT2D eigenvalue weighted by Gasteiger charge is -2.08. The number of alkyl halides is 1.